The predicted molar refractivity (Wildman–Crippen MR) is 127 cm³/mol. The van der Waals surface area contributed by atoms with E-state index >= 15 is 0 Å². The number of amidine groups is 1. The molecule has 0 saturated carbocycles. The second-order valence-electron chi connectivity index (χ2n) is 8.54. The van der Waals surface area contributed by atoms with Gasteiger partial charge in [-0.2, -0.15) is 0 Å². The molecule has 5 heterocycles. The Balaban J connectivity index is 1.47. The number of aliphatic imine (C=N–C) groups is 1. The summed E-state index contributed by atoms with van der Waals surface area (Å²) in [6, 6.07) is 15.3. The zero-order valence-electron chi connectivity index (χ0n) is 18.5. The van der Waals surface area contributed by atoms with Crippen LogP contribution in [-0.4, -0.2) is 38.2 Å². The number of benzene rings is 1. The molecule has 2 aromatic heterocycles. The third kappa shape index (κ3) is 2.94. The third-order valence-corrected chi connectivity index (χ3v) is 7.86. The van der Waals surface area contributed by atoms with Crippen molar-refractivity contribution in [3.63, 3.8) is 0 Å². The molecule has 0 radical (unpaired) electrons. The van der Waals surface area contributed by atoms with E-state index in [-0.39, 0.29) is 18.9 Å². The average Bonchev–Trinajstić information content (AvgIpc) is 3.57. The number of aryl methyl sites for hydroxylation is 1. The lowest BCUT2D eigenvalue weighted by Gasteiger charge is -2.32. The lowest BCUT2D eigenvalue weighted by Crippen LogP contribution is -2.35. The molecule has 1 saturated heterocycles. The van der Waals surface area contributed by atoms with Crippen molar-refractivity contribution in [1.29, 1.82) is 0 Å². The van der Waals surface area contributed by atoms with Crippen molar-refractivity contribution >= 4 is 16.9 Å². The van der Waals surface area contributed by atoms with Crippen molar-refractivity contribution in [1.82, 2.24) is 14.5 Å². The number of nitrogens with zero attached hydrogens (tertiary/aromatic N) is 4. The molecule has 164 valence electrons. The number of hydrogen-bond acceptors (Lipinski definition) is 6. The van der Waals surface area contributed by atoms with Crippen molar-refractivity contribution in [2.24, 2.45) is 4.99 Å². The van der Waals surface area contributed by atoms with E-state index in [1.807, 2.05) is 30.1 Å². The lowest BCUT2D eigenvalue weighted by atomic mass is 9.95. The quantitative estimate of drug-likeness (QED) is 0.552. The van der Waals surface area contributed by atoms with Crippen LogP contribution in [-0.2, 0) is 0 Å². The first kappa shape index (κ1) is 19.7. The van der Waals surface area contributed by atoms with E-state index < -0.39 is 0 Å². The molecule has 0 bridgehead atoms. The Morgan fingerprint density at radius 3 is 2.78 bits per heavy atom. The van der Waals surface area contributed by atoms with Crippen molar-refractivity contribution in [2.45, 2.75) is 45.3 Å². The summed E-state index contributed by atoms with van der Waals surface area (Å²) in [4.78, 5) is 12.4. The molecular formula is C25H26N4O2S. The van der Waals surface area contributed by atoms with Crippen LogP contribution in [0.4, 0.5) is 0 Å². The minimum Gasteiger partial charge on any atom is -0.454 e. The van der Waals surface area contributed by atoms with Gasteiger partial charge in [-0.05, 0) is 56.2 Å². The summed E-state index contributed by atoms with van der Waals surface area (Å²) in [6.45, 7) is 6.94. The van der Waals surface area contributed by atoms with Crippen LogP contribution in [0.1, 0.15) is 48.1 Å². The number of ether oxygens (including phenoxy) is 2. The van der Waals surface area contributed by atoms with Gasteiger partial charge < -0.3 is 18.9 Å². The zero-order chi connectivity index (χ0) is 21.8. The smallest absolute Gasteiger partial charge is 0.231 e. The van der Waals surface area contributed by atoms with E-state index in [0.717, 1.165) is 40.2 Å². The maximum atomic E-state index is 5.63. The molecular weight excluding hydrogens is 420 g/mol. The number of fused-ring (bicyclic) bond motifs is 2. The standard InChI is InChI=1S/C25H26N4O2S/c1-4-17-13-32-25-27-23(20-7-5-6-10-26-20)24(29(17)25)19-11-15(2)28(16(19)3)18-8-9-21-22(12-18)31-14-30-21/h5-12,17,23-24H,4,13-14H2,1-3H3/t17-,23-,24-/m1/s1. The van der Waals surface area contributed by atoms with E-state index in [1.54, 1.807) is 0 Å². The molecule has 6 rings (SSSR count). The van der Waals surface area contributed by atoms with Crippen LogP contribution in [0.5, 0.6) is 11.5 Å². The van der Waals surface area contributed by atoms with Gasteiger partial charge in [0.05, 0.1) is 11.7 Å². The van der Waals surface area contributed by atoms with E-state index in [4.69, 9.17) is 19.5 Å². The van der Waals surface area contributed by atoms with Crippen LogP contribution in [0.2, 0.25) is 0 Å². The summed E-state index contributed by atoms with van der Waals surface area (Å²) >= 11 is 1.88. The van der Waals surface area contributed by atoms with Gasteiger partial charge in [0.2, 0.25) is 6.79 Å². The molecule has 0 N–H and O–H groups in total. The molecule has 3 aliphatic heterocycles. The maximum absolute atomic E-state index is 5.63. The fourth-order valence-corrected chi connectivity index (χ4v) is 6.53. The van der Waals surface area contributed by atoms with Crippen molar-refractivity contribution in [3.05, 3.63) is 71.3 Å². The molecule has 3 aromatic rings. The van der Waals surface area contributed by atoms with Crippen LogP contribution in [0.25, 0.3) is 5.69 Å². The van der Waals surface area contributed by atoms with E-state index in [1.165, 1.54) is 17.0 Å². The van der Waals surface area contributed by atoms with Gasteiger partial charge in [-0.1, -0.05) is 24.8 Å². The Morgan fingerprint density at radius 1 is 1.09 bits per heavy atom. The molecule has 0 spiro atoms. The molecule has 6 nitrogen and oxygen atoms in total. The van der Waals surface area contributed by atoms with Crippen LogP contribution < -0.4 is 9.47 Å². The first-order chi connectivity index (χ1) is 15.7. The molecule has 0 aliphatic carbocycles. The fraction of sp³-hybridized carbons (Fsp3) is 0.360. The van der Waals surface area contributed by atoms with E-state index in [2.05, 4.69) is 60.6 Å². The number of thioether (sulfide) groups is 1. The lowest BCUT2D eigenvalue weighted by molar-refractivity contribution is 0.174. The first-order valence-electron chi connectivity index (χ1n) is 11.1. The fourth-order valence-electron chi connectivity index (χ4n) is 5.20. The van der Waals surface area contributed by atoms with Gasteiger partial charge in [0.25, 0.3) is 0 Å². The highest BCUT2D eigenvalue weighted by molar-refractivity contribution is 8.14. The largest absolute Gasteiger partial charge is 0.454 e. The summed E-state index contributed by atoms with van der Waals surface area (Å²) < 4.78 is 13.5. The van der Waals surface area contributed by atoms with Gasteiger partial charge >= 0.3 is 0 Å². The number of rotatable bonds is 4. The molecule has 1 aromatic carbocycles. The summed E-state index contributed by atoms with van der Waals surface area (Å²) in [5.74, 6) is 2.71. The van der Waals surface area contributed by atoms with Gasteiger partial charge in [-0.15, -0.1) is 0 Å². The second kappa shape index (κ2) is 7.59. The van der Waals surface area contributed by atoms with Crippen molar-refractivity contribution in [2.75, 3.05) is 12.5 Å². The van der Waals surface area contributed by atoms with E-state index in [9.17, 15) is 0 Å². The average molecular weight is 447 g/mol. The molecule has 1 fully saturated rings. The monoisotopic (exact) mass is 446 g/mol. The van der Waals surface area contributed by atoms with Crippen LogP contribution in [0.3, 0.4) is 0 Å². The number of hydrogen-bond donors (Lipinski definition) is 0. The van der Waals surface area contributed by atoms with Gasteiger partial charge in [0.15, 0.2) is 16.7 Å². The van der Waals surface area contributed by atoms with Gasteiger partial charge in [-0.3, -0.25) is 9.98 Å². The van der Waals surface area contributed by atoms with E-state index in [0.29, 0.717) is 6.04 Å². The number of aromatic nitrogens is 2. The Morgan fingerprint density at radius 2 is 1.97 bits per heavy atom. The molecule has 7 heteroatoms. The van der Waals surface area contributed by atoms with Gasteiger partial charge in [0.1, 0.15) is 6.04 Å². The SMILES string of the molecule is CC[C@@H]1CSC2=N[C@H](c3ccccn3)[C@@H](c3cc(C)n(-c4ccc5c(c4)OCO5)c3C)N21. The highest BCUT2D eigenvalue weighted by Crippen LogP contribution is 2.50. The highest BCUT2D eigenvalue weighted by atomic mass is 32.2. The number of pyridine rings is 1. The highest BCUT2D eigenvalue weighted by Gasteiger charge is 2.46. The Bertz CT molecular complexity index is 1210. The summed E-state index contributed by atoms with van der Waals surface area (Å²) in [6.07, 6.45) is 2.98. The summed E-state index contributed by atoms with van der Waals surface area (Å²) in [7, 11) is 0. The minimum atomic E-state index is -0.00115. The molecule has 0 unspecified atom stereocenters. The van der Waals surface area contributed by atoms with Crippen LogP contribution in [0, 0.1) is 13.8 Å². The van der Waals surface area contributed by atoms with Gasteiger partial charge in [0, 0.05) is 41.1 Å². The topological polar surface area (TPSA) is 51.9 Å². The van der Waals surface area contributed by atoms with Crippen molar-refractivity contribution in [3.8, 4) is 17.2 Å². The second-order valence-corrected chi connectivity index (χ2v) is 9.52. The van der Waals surface area contributed by atoms with Crippen LogP contribution in [0.15, 0.2) is 53.7 Å². The first-order valence-corrected chi connectivity index (χ1v) is 12.1. The summed E-state index contributed by atoms with van der Waals surface area (Å²) in [5.41, 5.74) is 5.87. The minimum absolute atomic E-state index is 0.00115. The Labute approximate surface area is 192 Å². The van der Waals surface area contributed by atoms with Crippen molar-refractivity contribution < 1.29 is 9.47 Å². The predicted octanol–water partition coefficient (Wildman–Crippen LogP) is 5.20. The molecule has 0 amide bonds. The normalized spacial score (nSPS) is 23.5. The Hall–Kier alpha value is -2.93. The Kier molecular flexibility index (Phi) is 4.68. The maximum Gasteiger partial charge on any atom is 0.231 e. The van der Waals surface area contributed by atoms with Crippen LogP contribution >= 0.6 is 11.8 Å². The third-order valence-electron chi connectivity index (χ3n) is 6.73. The molecule has 3 aliphatic rings. The molecule has 32 heavy (non-hydrogen) atoms. The zero-order valence-corrected chi connectivity index (χ0v) is 19.3. The summed E-state index contributed by atoms with van der Waals surface area (Å²) in [5, 5.41) is 1.16. The molecule has 3 atom stereocenters. The van der Waals surface area contributed by atoms with Gasteiger partial charge in [-0.25, -0.2) is 0 Å².